The molecule has 164 valence electrons. The summed E-state index contributed by atoms with van der Waals surface area (Å²) in [5.41, 5.74) is -0.533. The molecule has 0 bridgehead atoms. The van der Waals surface area contributed by atoms with Gasteiger partial charge >= 0.3 is 0 Å². The van der Waals surface area contributed by atoms with Crippen molar-refractivity contribution in [3.05, 3.63) is 23.8 Å². The van der Waals surface area contributed by atoms with Gasteiger partial charge in [0.1, 0.15) is 5.60 Å². The molecule has 1 heterocycles. The van der Waals surface area contributed by atoms with Gasteiger partial charge in [-0.05, 0) is 75.2 Å². The first-order chi connectivity index (χ1) is 14.4. The summed E-state index contributed by atoms with van der Waals surface area (Å²) in [4.78, 5) is 0. The molecule has 1 spiro atoms. The molecule has 4 aliphatic carbocycles. The van der Waals surface area contributed by atoms with Crippen LogP contribution in [0.15, 0.2) is 23.8 Å². The Morgan fingerprint density at radius 2 is 1.87 bits per heavy atom. The van der Waals surface area contributed by atoms with E-state index in [1.807, 2.05) is 6.92 Å². The maximum Gasteiger partial charge on any atom is 0.131 e. The molecule has 2 saturated carbocycles. The van der Waals surface area contributed by atoms with E-state index in [0.717, 1.165) is 25.7 Å². The molecule has 3 fully saturated rings. The van der Waals surface area contributed by atoms with Crippen LogP contribution in [-0.4, -0.2) is 37.0 Å². The highest BCUT2D eigenvalue weighted by molar-refractivity contribution is 8.21. The second kappa shape index (κ2) is 7.34. The normalized spacial score (nSPS) is 48.4. The van der Waals surface area contributed by atoms with Gasteiger partial charge in [0.15, 0.2) is 0 Å². The minimum atomic E-state index is -0.965. The smallest absolute Gasteiger partial charge is 0.131 e. The van der Waals surface area contributed by atoms with Gasteiger partial charge < -0.3 is 10.2 Å². The highest BCUT2D eigenvalue weighted by Crippen LogP contribution is 2.68. The summed E-state index contributed by atoms with van der Waals surface area (Å²) in [5, 5.41) is 23.9. The molecule has 30 heavy (non-hydrogen) atoms. The molecular formula is C26H36O2S2. The van der Waals surface area contributed by atoms with Crippen molar-refractivity contribution in [1.29, 1.82) is 0 Å². The van der Waals surface area contributed by atoms with Crippen LogP contribution in [0.2, 0.25) is 0 Å². The van der Waals surface area contributed by atoms with Gasteiger partial charge in [0.05, 0.1) is 9.68 Å². The first kappa shape index (κ1) is 21.5. The first-order valence-electron chi connectivity index (χ1n) is 11.9. The summed E-state index contributed by atoms with van der Waals surface area (Å²) in [7, 11) is 0. The maximum absolute atomic E-state index is 12.2. The van der Waals surface area contributed by atoms with E-state index in [4.69, 9.17) is 0 Å². The van der Waals surface area contributed by atoms with Gasteiger partial charge in [0.25, 0.3) is 0 Å². The standard InChI is InChI=1S/C26H36O2S2/c1-4-11-25(28)12-10-21-20-8-7-18-16-26(29-14-15-30-26)13-9-19(18)22(20)24(27,6-3)17-23(21,25)5-2/h7-8,16,19-22,27-28H,5-6,9-10,12-15,17H2,1-3H3/t19?,20?,21?,22?,23-,24?,25-/m0/s1. The molecule has 0 radical (unpaired) electrons. The quantitative estimate of drug-likeness (QED) is 0.559. The van der Waals surface area contributed by atoms with Crippen LogP contribution < -0.4 is 0 Å². The molecular weight excluding hydrogens is 408 g/mol. The Balaban J connectivity index is 1.60. The number of hydrogen-bond donors (Lipinski definition) is 2. The van der Waals surface area contributed by atoms with Crippen molar-refractivity contribution in [2.45, 2.75) is 81.0 Å². The molecule has 0 aromatic rings. The molecule has 0 amide bonds. The van der Waals surface area contributed by atoms with Crippen LogP contribution in [0.1, 0.15) is 65.7 Å². The molecule has 0 aromatic heterocycles. The predicted molar refractivity (Wildman–Crippen MR) is 128 cm³/mol. The van der Waals surface area contributed by atoms with E-state index in [1.165, 1.54) is 29.9 Å². The average Bonchev–Trinajstić information content (AvgIpc) is 3.30. The lowest BCUT2D eigenvalue weighted by Gasteiger charge is -2.61. The summed E-state index contributed by atoms with van der Waals surface area (Å²) < 4.78 is 0.277. The average molecular weight is 445 g/mol. The lowest BCUT2D eigenvalue weighted by Crippen LogP contribution is -2.62. The van der Waals surface area contributed by atoms with Gasteiger partial charge in [0, 0.05) is 22.8 Å². The van der Waals surface area contributed by atoms with Crippen molar-refractivity contribution in [3.8, 4) is 11.8 Å². The summed E-state index contributed by atoms with van der Waals surface area (Å²) in [6, 6.07) is 0. The molecule has 2 N–H and O–H groups in total. The third-order valence-corrected chi connectivity index (χ3v) is 12.8. The highest BCUT2D eigenvalue weighted by atomic mass is 32.2. The molecule has 5 unspecified atom stereocenters. The molecule has 5 rings (SSSR count). The first-order valence-corrected chi connectivity index (χ1v) is 13.9. The molecule has 7 atom stereocenters. The van der Waals surface area contributed by atoms with Crippen LogP contribution in [0.3, 0.4) is 0 Å². The van der Waals surface area contributed by atoms with Crippen molar-refractivity contribution in [2.24, 2.45) is 29.1 Å². The molecule has 5 aliphatic rings. The Kier molecular flexibility index (Phi) is 5.26. The van der Waals surface area contributed by atoms with Gasteiger partial charge in [-0.15, -0.1) is 29.4 Å². The Labute approximate surface area is 190 Å². The van der Waals surface area contributed by atoms with E-state index in [1.54, 1.807) is 0 Å². The van der Waals surface area contributed by atoms with E-state index >= 15 is 0 Å². The van der Waals surface area contributed by atoms with Crippen molar-refractivity contribution in [2.75, 3.05) is 11.5 Å². The van der Waals surface area contributed by atoms with Gasteiger partial charge in [-0.25, -0.2) is 0 Å². The van der Waals surface area contributed by atoms with Crippen LogP contribution in [-0.2, 0) is 0 Å². The monoisotopic (exact) mass is 444 g/mol. The van der Waals surface area contributed by atoms with E-state index < -0.39 is 11.2 Å². The van der Waals surface area contributed by atoms with Crippen molar-refractivity contribution < 1.29 is 10.2 Å². The number of fused-ring (bicyclic) bond motifs is 5. The van der Waals surface area contributed by atoms with Crippen molar-refractivity contribution in [1.82, 2.24) is 0 Å². The fraction of sp³-hybridized carbons (Fsp3) is 0.769. The lowest BCUT2D eigenvalue weighted by atomic mass is 9.46. The largest absolute Gasteiger partial charge is 0.390 e. The minimum absolute atomic E-state index is 0.272. The molecule has 4 heteroatoms. The van der Waals surface area contributed by atoms with Crippen LogP contribution >= 0.6 is 23.5 Å². The highest BCUT2D eigenvalue weighted by Gasteiger charge is 2.68. The van der Waals surface area contributed by atoms with Crippen LogP contribution in [0.25, 0.3) is 0 Å². The number of thioether (sulfide) groups is 2. The Bertz CT molecular complexity index is 832. The number of aliphatic hydroxyl groups is 2. The third-order valence-electron chi connectivity index (χ3n) is 9.39. The number of rotatable bonds is 2. The fourth-order valence-corrected chi connectivity index (χ4v) is 11.2. The summed E-state index contributed by atoms with van der Waals surface area (Å²) in [6.07, 6.45) is 13.9. The number of allylic oxidation sites excluding steroid dienone is 3. The van der Waals surface area contributed by atoms with Crippen LogP contribution in [0.4, 0.5) is 0 Å². The SMILES string of the molecule is CC#C[C@]1(O)CCC2C3C=CC4=CC5(CCC4C3C(O)(CC)C[C@@]21CC)SCCS5. The zero-order chi connectivity index (χ0) is 21.2. The second-order valence-corrected chi connectivity index (χ2v) is 13.4. The molecule has 1 saturated heterocycles. The zero-order valence-corrected chi connectivity index (χ0v) is 20.2. The minimum Gasteiger partial charge on any atom is -0.390 e. The topological polar surface area (TPSA) is 40.5 Å². The van der Waals surface area contributed by atoms with Crippen LogP contribution in [0.5, 0.6) is 0 Å². The van der Waals surface area contributed by atoms with Gasteiger partial charge in [-0.3, -0.25) is 0 Å². The predicted octanol–water partition coefficient (Wildman–Crippen LogP) is 5.41. The van der Waals surface area contributed by atoms with Crippen molar-refractivity contribution >= 4 is 23.5 Å². The van der Waals surface area contributed by atoms with E-state index in [9.17, 15) is 10.2 Å². The Morgan fingerprint density at radius 1 is 1.10 bits per heavy atom. The molecule has 1 aliphatic heterocycles. The lowest BCUT2D eigenvalue weighted by molar-refractivity contribution is -0.186. The third kappa shape index (κ3) is 2.81. The summed E-state index contributed by atoms with van der Waals surface area (Å²) >= 11 is 4.24. The second-order valence-electron chi connectivity index (χ2n) is 10.3. The van der Waals surface area contributed by atoms with Gasteiger partial charge in [-0.2, -0.15) is 0 Å². The van der Waals surface area contributed by atoms with Crippen LogP contribution in [0, 0.1) is 40.9 Å². The van der Waals surface area contributed by atoms with E-state index in [2.05, 4.69) is 67.4 Å². The summed E-state index contributed by atoms with van der Waals surface area (Å²) in [5.74, 6) is 10.2. The Hall–Kier alpha value is -0.340. The fourth-order valence-electron chi connectivity index (χ4n) is 8.07. The van der Waals surface area contributed by atoms with E-state index in [-0.39, 0.29) is 15.4 Å². The van der Waals surface area contributed by atoms with Gasteiger partial charge in [0.2, 0.25) is 0 Å². The Morgan fingerprint density at radius 3 is 2.53 bits per heavy atom. The zero-order valence-electron chi connectivity index (χ0n) is 18.6. The number of hydrogen-bond acceptors (Lipinski definition) is 4. The van der Waals surface area contributed by atoms with E-state index in [0.29, 0.717) is 24.2 Å². The van der Waals surface area contributed by atoms with Gasteiger partial charge in [-0.1, -0.05) is 38.0 Å². The molecule has 2 nitrogen and oxygen atoms in total. The maximum atomic E-state index is 12.2. The van der Waals surface area contributed by atoms with Crippen molar-refractivity contribution in [3.63, 3.8) is 0 Å². The summed E-state index contributed by atoms with van der Waals surface area (Å²) in [6.45, 7) is 6.18. The molecule has 0 aromatic carbocycles.